The SMILES string of the molecule is CN(C1CCN(c2cc(C#N)cc(N)c2Cl)CC1)C1COC1. The second-order valence-electron chi connectivity index (χ2n) is 6.09. The number of benzene rings is 1. The lowest BCUT2D eigenvalue weighted by molar-refractivity contribution is -0.0718. The van der Waals surface area contributed by atoms with Crippen LogP contribution in [0.4, 0.5) is 11.4 Å². The second kappa shape index (κ2) is 6.33. The number of rotatable bonds is 3. The summed E-state index contributed by atoms with van der Waals surface area (Å²) in [6, 6.07) is 6.76. The normalized spacial score (nSPS) is 20.0. The molecule has 0 atom stereocenters. The van der Waals surface area contributed by atoms with E-state index in [0.29, 0.717) is 28.4 Å². The summed E-state index contributed by atoms with van der Waals surface area (Å²) < 4.78 is 5.28. The van der Waals surface area contributed by atoms with Crippen LogP contribution < -0.4 is 10.6 Å². The van der Waals surface area contributed by atoms with E-state index >= 15 is 0 Å². The zero-order valence-corrected chi connectivity index (χ0v) is 13.5. The molecular formula is C16H21ClN4O. The van der Waals surface area contributed by atoms with Crippen molar-refractivity contribution in [1.29, 1.82) is 5.26 Å². The van der Waals surface area contributed by atoms with Gasteiger partial charge in [-0.3, -0.25) is 4.90 Å². The van der Waals surface area contributed by atoms with Gasteiger partial charge in [-0.15, -0.1) is 0 Å². The lowest BCUT2D eigenvalue weighted by Gasteiger charge is -2.43. The van der Waals surface area contributed by atoms with Crippen molar-refractivity contribution < 1.29 is 4.74 Å². The molecule has 0 radical (unpaired) electrons. The van der Waals surface area contributed by atoms with E-state index in [4.69, 9.17) is 27.3 Å². The first kappa shape index (κ1) is 15.4. The van der Waals surface area contributed by atoms with Gasteiger partial charge in [0.05, 0.1) is 47.3 Å². The molecule has 0 aromatic heterocycles. The van der Waals surface area contributed by atoms with E-state index in [-0.39, 0.29) is 0 Å². The van der Waals surface area contributed by atoms with Crippen molar-refractivity contribution in [3.63, 3.8) is 0 Å². The molecule has 2 heterocycles. The number of anilines is 2. The average molecular weight is 321 g/mol. The van der Waals surface area contributed by atoms with E-state index in [9.17, 15) is 0 Å². The van der Waals surface area contributed by atoms with E-state index in [0.717, 1.165) is 44.8 Å². The van der Waals surface area contributed by atoms with Gasteiger partial charge < -0.3 is 15.4 Å². The van der Waals surface area contributed by atoms with E-state index in [1.54, 1.807) is 6.07 Å². The van der Waals surface area contributed by atoms with Gasteiger partial charge in [-0.05, 0) is 32.0 Å². The van der Waals surface area contributed by atoms with Gasteiger partial charge in [0.15, 0.2) is 0 Å². The molecule has 2 aliphatic rings. The summed E-state index contributed by atoms with van der Waals surface area (Å²) in [7, 11) is 2.19. The summed E-state index contributed by atoms with van der Waals surface area (Å²) in [6.45, 7) is 3.56. The number of ether oxygens (including phenoxy) is 1. The Balaban J connectivity index is 1.68. The Morgan fingerprint density at radius 3 is 2.55 bits per heavy atom. The number of halogens is 1. The minimum absolute atomic E-state index is 0.474. The van der Waals surface area contributed by atoms with Crippen molar-refractivity contribution >= 4 is 23.0 Å². The van der Waals surface area contributed by atoms with E-state index in [2.05, 4.69) is 22.9 Å². The average Bonchev–Trinajstić information content (AvgIpc) is 2.48. The van der Waals surface area contributed by atoms with Crippen LogP contribution in [-0.2, 0) is 4.74 Å². The summed E-state index contributed by atoms with van der Waals surface area (Å²) in [6.07, 6.45) is 2.17. The zero-order valence-electron chi connectivity index (χ0n) is 12.8. The Morgan fingerprint density at radius 2 is 2.00 bits per heavy atom. The molecule has 0 bridgehead atoms. The van der Waals surface area contributed by atoms with Crippen molar-refractivity contribution in [1.82, 2.24) is 4.90 Å². The van der Waals surface area contributed by atoms with E-state index in [1.165, 1.54) is 0 Å². The number of likely N-dealkylation sites (N-methyl/N-ethyl adjacent to an activating group) is 1. The molecule has 5 nitrogen and oxygen atoms in total. The zero-order chi connectivity index (χ0) is 15.7. The molecule has 2 saturated heterocycles. The Labute approximate surface area is 136 Å². The van der Waals surface area contributed by atoms with Gasteiger partial charge in [0, 0.05) is 19.1 Å². The number of piperidine rings is 1. The monoisotopic (exact) mass is 320 g/mol. The van der Waals surface area contributed by atoms with Crippen LogP contribution in [0.1, 0.15) is 18.4 Å². The fourth-order valence-corrected chi connectivity index (χ4v) is 3.42. The number of nitrogens with zero attached hydrogens (tertiary/aromatic N) is 3. The molecule has 0 aliphatic carbocycles. The maximum Gasteiger partial charge on any atom is 0.0993 e. The highest BCUT2D eigenvalue weighted by Crippen LogP contribution is 2.34. The first-order valence-corrected chi connectivity index (χ1v) is 8.01. The van der Waals surface area contributed by atoms with Crippen molar-refractivity contribution in [2.24, 2.45) is 0 Å². The van der Waals surface area contributed by atoms with Crippen LogP contribution >= 0.6 is 11.6 Å². The Morgan fingerprint density at radius 1 is 1.32 bits per heavy atom. The Bertz CT molecular complexity index is 589. The lowest BCUT2D eigenvalue weighted by Crippen LogP contribution is -2.54. The van der Waals surface area contributed by atoms with Gasteiger partial charge in [0.2, 0.25) is 0 Å². The van der Waals surface area contributed by atoms with Crippen molar-refractivity contribution in [2.45, 2.75) is 24.9 Å². The molecule has 0 saturated carbocycles. The highest BCUT2D eigenvalue weighted by Gasteiger charge is 2.31. The van der Waals surface area contributed by atoms with Gasteiger partial charge in [-0.1, -0.05) is 11.6 Å². The summed E-state index contributed by atoms with van der Waals surface area (Å²) in [4.78, 5) is 4.68. The van der Waals surface area contributed by atoms with Gasteiger partial charge in [-0.2, -0.15) is 5.26 Å². The van der Waals surface area contributed by atoms with E-state index in [1.807, 2.05) is 6.07 Å². The predicted octanol–water partition coefficient (Wildman–Crippen LogP) is 2.09. The molecule has 1 aromatic carbocycles. The number of hydrogen-bond donors (Lipinski definition) is 1. The Hall–Kier alpha value is -1.48. The summed E-state index contributed by atoms with van der Waals surface area (Å²) >= 11 is 6.33. The number of nitrogen functional groups attached to an aromatic ring is 1. The van der Waals surface area contributed by atoms with Gasteiger partial charge >= 0.3 is 0 Å². The summed E-state index contributed by atoms with van der Waals surface area (Å²) in [5.74, 6) is 0. The highest BCUT2D eigenvalue weighted by molar-refractivity contribution is 6.35. The third-order valence-electron chi connectivity index (χ3n) is 4.79. The highest BCUT2D eigenvalue weighted by atomic mass is 35.5. The molecule has 2 N–H and O–H groups in total. The third kappa shape index (κ3) is 2.87. The van der Waals surface area contributed by atoms with Crippen LogP contribution in [0.5, 0.6) is 0 Å². The largest absolute Gasteiger partial charge is 0.397 e. The van der Waals surface area contributed by atoms with Crippen LogP contribution in [-0.4, -0.2) is 50.3 Å². The van der Waals surface area contributed by atoms with Crippen LogP contribution in [0.2, 0.25) is 5.02 Å². The smallest absolute Gasteiger partial charge is 0.0993 e. The fraction of sp³-hybridized carbons (Fsp3) is 0.562. The fourth-order valence-electron chi connectivity index (χ4n) is 3.20. The van der Waals surface area contributed by atoms with Crippen LogP contribution in [0, 0.1) is 11.3 Å². The molecule has 3 rings (SSSR count). The molecule has 22 heavy (non-hydrogen) atoms. The van der Waals surface area contributed by atoms with Crippen LogP contribution in [0.15, 0.2) is 12.1 Å². The molecule has 1 aromatic rings. The van der Waals surface area contributed by atoms with Gasteiger partial charge in [0.25, 0.3) is 0 Å². The third-order valence-corrected chi connectivity index (χ3v) is 5.20. The first-order valence-electron chi connectivity index (χ1n) is 7.64. The molecule has 2 aliphatic heterocycles. The number of nitriles is 1. The Kier molecular flexibility index (Phi) is 4.44. The topological polar surface area (TPSA) is 65.5 Å². The summed E-state index contributed by atoms with van der Waals surface area (Å²) in [5.41, 5.74) is 7.83. The predicted molar refractivity (Wildman–Crippen MR) is 88.2 cm³/mol. The molecule has 0 unspecified atom stereocenters. The van der Waals surface area contributed by atoms with E-state index < -0.39 is 0 Å². The van der Waals surface area contributed by atoms with Crippen molar-refractivity contribution in [3.05, 3.63) is 22.7 Å². The van der Waals surface area contributed by atoms with Crippen LogP contribution in [0.25, 0.3) is 0 Å². The number of hydrogen-bond acceptors (Lipinski definition) is 5. The molecule has 0 spiro atoms. The first-order chi connectivity index (χ1) is 10.6. The quantitative estimate of drug-likeness (QED) is 0.864. The van der Waals surface area contributed by atoms with Crippen molar-refractivity contribution in [2.75, 3.05) is 44.0 Å². The number of nitrogens with two attached hydrogens (primary N) is 1. The summed E-state index contributed by atoms with van der Waals surface area (Å²) in [5, 5.41) is 9.65. The maximum absolute atomic E-state index is 9.10. The molecule has 0 amide bonds. The van der Waals surface area contributed by atoms with Gasteiger partial charge in [0.1, 0.15) is 0 Å². The minimum Gasteiger partial charge on any atom is -0.397 e. The second-order valence-corrected chi connectivity index (χ2v) is 6.46. The maximum atomic E-state index is 9.10. The minimum atomic E-state index is 0.474. The standard InChI is InChI=1S/C16H21ClN4O/c1-20(13-9-22-10-13)12-2-4-21(5-3-12)15-7-11(8-18)6-14(19)16(15)17/h6-7,12-13H,2-5,9-10,19H2,1H3. The lowest BCUT2D eigenvalue weighted by atomic mass is 10.00. The molecule has 2 fully saturated rings. The molecule has 118 valence electrons. The molecular weight excluding hydrogens is 300 g/mol. The molecule has 6 heteroatoms. The van der Waals surface area contributed by atoms with Crippen molar-refractivity contribution in [3.8, 4) is 6.07 Å². The van der Waals surface area contributed by atoms with Crippen LogP contribution in [0.3, 0.4) is 0 Å². The van der Waals surface area contributed by atoms with Gasteiger partial charge in [-0.25, -0.2) is 0 Å².